The van der Waals surface area contributed by atoms with Crippen molar-refractivity contribution in [2.75, 3.05) is 32.9 Å². The van der Waals surface area contributed by atoms with Gasteiger partial charge in [-0.15, -0.1) is 0 Å². The van der Waals surface area contributed by atoms with Crippen molar-refractivity contribution in [2.45, 2.75) is 43.5 Å². The molecule has 36 heavy (non-hydrogen) atoms. The van der Waals surface area contributed by atoms with Crippen molar-refractivity contribution < 1.29 is 26.4 Å². The number of rotatable bonds is 8. The Hall–Kier alpha value is -1.85. The van der Waals surface area contributed by atoms with E-state index in [0.29, 0.717) is 13.1 Å². The first-order valence-electron chi connectivity index (χ1n) is 11.3. The summed E-state index contributed by atoms with van der Waals surface area (Å²) in [6.45, 7) is 2.51. The minimum atomic E-state index is -4.72. The third-order valence-corrected chi connectivity index (χ3v) is 8.70. The number of likely N-dealkylation sites (N-methyl/N-ethyl adjacent to an activating group) is 1. The molecule has 0 bridgehead atoms. The molecule has 1 saturated heterocycles. The Morgan fingerprint density at radius 3 is 2.47 bits per heavy atom. The Bertz CT molecular complexity index is 1240. The first-order chi connectivity index (χ1) is 16.7. The quantitative estimate of drug-likeness (QED) is 0.494. The third-order valence-electron chi connectivity index (χ3n) is 6.30. The van der Waals surface area contributed by atoms with E-state index in [2.05, 4.69) is 5.32 Å². The lowest BCUT2D eigenvalue weighted by Crippen LogP contribution is -2.31. The number of benzene rings is 2. The number of carbonyl (C=O) groups is 1. The highest BCUT2D eigenvalue weighted by Gasteiger charge is 2.36. The van der Waals surface area contributed by atoms with Crippen molar-refractivity contribution in [2.24, 2.45) is 0 Å². The molecular weight excluding hydrogens is 538 g/mol. The highest BCUT2D eigenvalue weighted by molar-refractivity contribution is 7.91. The molecule has 2 aromatic rings. The zero-order chi connectivity index (χ0) is 26.8. The molecule has 1 fully saturated rings. The van der Waals surface area contributed by atoms with Crippen LogP contribution in [0.1, 0.15) is 40.4 Å². The van der Waals surface area contributed by atoms with Gasteiger partial charge in [0, 0.05) is 47.8 Å². The van der Waals surface area contributed by atoms with E-state index in [9.17, 15) is 26.4 Å². The van der Waals surface area contributed by atoms with Crippen molar-refractivity contribution in [3.63, 3.8) is 0 Å². The van der Waals surface area contributed by atoms with E-state index in [1.165, 1.54) is 31.2 Å². The summed E-state index contributed by atoms with van der Waals surface area (Å²) in [6.07, 6.45) is -3.88. The van der Waals surface area contributed by atoms with Gasteiger partial charge in [-0.3, -0.25) is 9.69 Å². The van der Waals surface area contributed by atoms with Crippen molar-refractivity contribution >= 4 is 38.9 Å². The summed E-state index contributed by atoms with van der Waals surface area (Å²) < 4.78 is 66.7. The fourth-order valence-electron chi connectivity index (χ4n) is 4.20. The Balaban J connectivity index is 1.86. The van der Waals surface area contributed by atoms with Gasteiger partial charge in [-0.2, -0.15) is 13.2 Å². The first-order valence-corrected chi connectivity index (χ1v) is 13.7. The number of hydrogen-bond donors (Lipinski definition) is 1. The largest absolute Gasteiger partial charge is 0.416 e. The molecule has 0 spiro atoms. The molecule has 3 rings (SSSR count). The maximum Gasteiger partial charge on any atom is 0.416 e. The molecule has 1 unspecified atom stereocenters. The average molecular weight is 566 g/mol. The lowest BCUT2D eigenvalue weighted by molar-refractivity contribution is -0.138. The van der Waals surface area contributed by atoms with Crippen LogP contribution >= 0.6 is 23.2 Å². The number of carbonyl (C=O) groups excluding carboxylic acids is 1. The predicted molar refractivity (Wildman–Crippen MR) is 134 cm³/mol. The standard InChI is InChI=1S/C24H28Cl2F3N3O3S/c1-4-36(34,35)22-6-5-17(25)9-16(22)12-30-23(33)15-10-20(24(27,28)29)19(21(26)11-15)14-32-8-7-18(13-32)31(2)3/h5-6,9-11,18H,4,7-8,12-14H2,1-3H3,(H,30,33). The molecule has 1 heterocycles. The van der Waals surface area contributed by atoms with Gasteiger partial charge in [-0.25, -0.2) is 8.42 Å². The minimum Gasteiger partial charge on any atom is -0.348 e. The molecule has 1 atom stereocenters. The molecule has 0 radical (unpaired) electrons. The molecular formula is C24H28Cl2F3N3O3S. The predicted octanol–water partition coefficient (Wildman–Crippen LogP) is 4.87. The Kier molecular flexibility index (Phi) is 8.99. The number of sulfone groups is 1. The number of hydrogen-bond acceptors (Lipinski definition) is 5. The fraction of sp³-hybridized carbons (Fsp3) is 0.458. The number of amides is 1. The normalized spacial score (nSPS) is 17.1. The molecule has 12 heteroatoms. The summed E-state index contributed by atoms with van der Waals surface area (Å²) in [5.74, 6) is -0.976. The molecule has 0 aromatic heterocycles. The maximum absolute atomic E-state index is 14.0. The molecule has 1 amide bonds. The Morgan fingerprint density at radius 2 is 1.89 bits per heavy atom. The number of halogens is 5. The van der Waals surface area contributed by atoms with E-state index >= 15 is 0 Å². The molecule has 1 aliphatic rings. The summed E-state index contributed by atoms with van der Waals surface area (Å²) >= 11 is 12.3. The van der Waals surface area contributed by atoms with Crippen molar-refractivity contribution in [1.29, 1.82) is 0 Å². The number of nitrogens with zero attached hydrogens (tertiary/aromatic N) is 2. The SMILES string of the molecule is CCS(=O)(=O)c1ccc(Cl)cc1CNC(=O)c1cc(Cl)c(CN2CCC(N(C)C)C2)c(C(F)(F)F)c1. The second-order valence-corrected chi connectivity index (χ2v) is 12.1. The van der Waals surface area contributed by atoms with E-state index in [4.69, 9.17) is 23.2 Å². The molecule has 0 aliphatic carbocycles. The zero-order valence-electron chi connectivity index (χ0n) is 20.1. The second kappa shape index (κ2) is 11.3. The highest BCUT2D eigenvalue weighted by atomic mass is 35.5. The van der Waals surface area contributed by atoms with Crippen LogP contribution in [0.25, 0.3) is 0 Å². The number of alkyl halides is 3. The average Bonchev–Trinajstić information content (AvgIpc) is 3.26. The maximum atomic E-state index is 14.0. The van der Waals surface area contributed by atoms with Crippen LogP contribution < -0.4 is 5.32 Å². The van der Waals surface area contributed by atoms with Crippen LogP contribution in [-0.4, -0.2) is 63.1 Å². The topological polar surface area (TPSA) is 69.7 Å². The van der Waals surface area contributed by atoms with Gasteiger partial charge < -0.3 is 10.2 Å². The third kappa shape index (κ3) is 6.72. The smallest absolute Gasteiger partial charge is 0.348 e. The van der Waals surface area contributed by atoms with E-state index in [0.717, 1.165) is 12.5 Å². The van der Waals surface area contributed by atoms with Crippen molar-refractivity contribution in [1.82, 2.24) is 15.1 Å². The van der Waals surface area contributed by atoms with E-state index in [1.807, 2.05) is 23.9 Å². The van der Waals surface area contributed by atoms with Crippen molar-refractivity contribution in [3.8, 4) is 0 Å². The van der Waals surface area contributed by atoms with E-state index in [1.54, 1.807) is 0 Å². The summed E-state index contributed by atoms with van der Waals surface area (Å²) in [5.41, 5.74) is -1.08. The summed E-state index contributed by atoms with van der Waals surface area (Å²) in [5, 5.41) is 2.60. The van der Waals surface area contributed by atoms with Crippen LogP contribution in [0.4, 0.5) is 13.2 Å². The van der Waals surface area contributed by atoms with Gasteiger partial charge in [0.15, 0.2) is 9.84 Å². The second-order valence-electron chi connectivity index (χ2n) is 8.96. The molecule has 1 N–H and O–H groups in total. The molecule has 0 saturated carbocycles. The van der Waals surface area contributed by atoms with Crippen LogP contribution in [0.15, 0.2) is 35.2 Å². The molecule has 2 aromatic carbocycles. The lowest BCUT2D eigenvalue weighted by atomic mass is 10.0. The summed E-state index contributed by atoms with van der Waals surface area (Å²) in [7, 11) is 0.256. The van der Waals surface area contributed by atoms with Gasteiger partial charge >= 0.3 is 6.18 Å². The van der Waals surface area contributed by atoms with Crippen molar-refractivity contribution in [3.05, 3.63) is 62.6 Å². The first kappa shape index (κ1) is 28.7. The summed E-state index contributed by atoms with van der Waals surface area (Å²) in [6, 6.07) is 6.41. The van der Waals surface area contributed by atoms with Gasteiger partial charge in [-0.1, -0.05) is 30.1 Å². The van der Waals surface area contributed by atoms with Gasteiger partial charge in [0.1, 0.15) is 0 Å². The van der Waals surface area contributed by atoms with Crippen LogP contribution in [-0.2, 0) is 29.1 Å². The Labute approximate surface area is 219 Å². The number of nitrogens with one attached hydrogen (secondary N) is 1. The monoisotopic (exact) mass is 565 g/mol. The Morgan fingerprint density at radius 1 is 1.19 bits per heavy atom. The van der Waals surface area contributed by atoms with Gasteiger partial charge in [0.2, 0.25) is 0 Å². The minimum absolute atomic E-state index is 0.000650. The van der Waals surface area contributed by atoms with Crippen LogP contribution in [0.5, 0.6) is 0 Å². The van der Waals surface area contributed by atoms with E-state index < -0.39 is 27.5 Å². The van der Waals surface area contributed by atoms with Gasteiger partial charge in [0.25, 0.3) is 5.91 Å². The number of likely N-dealkylation sites (tertiary alicyclic amines) is 1. The molecule has 6 nitrogen and oxygen atoms in total. The van der Waals surface area contributed by atoms with Gasteiger partial charge in [-0.05, 0) is 62.0 Å². The van der Waals surface area contributed by atoms with Crippen LogP contribution in [0, 0.1) is 0 Å². The van der Waals surface area contributed by atoms with Gasteiger partial charge in [0.05, 0.1) is 16.2 Å². The summed E-state index contributed by atoms with van der Waals surface area (Å²) in [4.78, 5) is 16.8. The highest BCUT2D eigenvalue weighted by Crippen LogP contribution is 2.37. The van der Waals surface area contributed by atoms with Crippen LogP contribution in [0.2, 0.25) is 10.0 Å². The van der Waals surface area contributed by atoms with E-state index in [-0.39, 0.29) is 56.5 Å². The molecule has 198 valence electrons. The zero-order valence-corrected chi connectivity index (χ0v) is 22.5. The molecule has 1 aliphatic heterocycles. The lowest BCUT2D eigenvalue weighted by Gasteiger charge is -2.23. The van der Waals surface area contributed by atoms with Crippen LogP contribution in [0.3, 0.4) is 0 Å². The fourth-order valence-corrected chi connectivity index (χ4v) is 5.80.